The van der Waals surface area contributed by atoms with Gasteiger partial charge in [-0.05, 0) is 30.2 Å². The number of hydrogen-bond donors (Lipinski definition) is 2. The number of ether oxygens (including phenoxy) is 1. The van der Waals surface area contributed by atoms with Gasteiger partial charge in [0.1, 0.15) is 0 Å². The molecular weight excluding hydrogens is 286 g/mol. The van der Waals surface area contributed by atoms with Crippen molar-refractivity contribution in [2.75, 3.05) is 7.11 Å². The van der Waals surface area contributed by atoms with Gasteiger partial charge in [-0.3, -0.25) is 0 Å². The highest BCUT2D eigenvalue weighted by Crippen LogP contribution is 2.30. The van der Waals surface area contributed by atoms with Crippen molar-refractivity contribution in [3.8, 4) is 11.5 Å². The van der Waals surface area contributed by atoms with Crippen molar-refractivity contribution in [3.05, 3.63) is 58.6 Å². The number of para-hydroxylation sites is 1. The molecule has 0 aliphatic carbocycles. The molecule has 0 amide bonds. The molecule has 3 nitrogen and oxygen atoms in total. The molecule has 0 saturated heterocycles. The summed E-state index contributed by atoms with van der Waals surface area (Å²) >= 11 is 6.04. The lowest BCUT2D eigenvalue weighted by atomic mass is 10.0. The van der Waals surface area contributed by atoms with E-state index in [0.29, 0.717) is 12.3 Å². The molecule has 4 heteroatoms. The van der Waals surface area contributed by atoms with Gasteiger partial charge < -0.3 is 15.2 Å². The van der Waals surface area contributed by atoms with Gasteiger partial charge in [0.15, 0.2) is 11.5 Å². The minimum atomic E-state index is 0.188. The van der Waals surface area contributed by atoms with Gasteiger partial charge >= 0.3 is 0 Å². The summed E-state index contributed by atoms with van der Waals surface area (Å²) in [5.41, 5.74) is 1.96. The van der Waals surface area contributed by atoms with E-state index in [2.05, 4.69) is 18.3 Å². The zero-order valence-corrected chi connectivity index (χ0v) is 13.0. The third-order valence-corrected chi connectivity index (χ3v) is 3.74. The fraction of sp³-hybridized carbons (Fsp3) is 0.294. The van der Waals surface area contributed by atoms with Gasteiger partial charge in [-0.25, -0.2) is 0 Å². The molecular formula is C17H20ClNO2. The Hall–Kier alpha value is -1.71. The van der Waals surface area contributed by atoms with E-state index in [0.717, 1.165) is 22.6 Å². The fourth-order valence-electron chi connectivity index (χ4n) is 2.33. The van der Waals surface area contributed by atoms with Gasteiger partial charge in [0.2, 0.25) is 0 Å². The number of phenolic OH excluding ortho intramolecular Hbond substituents is 1. The zero-order valence-electron chi connectivity index (χ0n) is 12.3. The molecule has 2 rings (SSSR count). The van der Waals surface area contributed by atoms with Crippen molar-refractivity contribution in [2.24, 2.45) is 0 Å². The molecule has 0 aliphatic heterocycles. The van der Waals surface area contributed by atoms with Gasteiger partial charge in [0.25, 0.3) is 0 Å². The maximum Gasteiger partial charge on any atom is 0.162 e. The summed E-state index contributed by atoms with van der Waals surface area (Å²) in [6, 6.07) is 13.5. The Morgan fingerprint density at radius 1 is 1.24 bits per heavy atom. The maximum atomic E-state index is 10.1. The first-order valence-corrected chi connectivity index (χ1v) is 7.37. The Morgan fingerprint density at radius 2 is 2.00 bits per heavy atom. The Labute approximate surface area is 130 Å². The molecule has 2 aromatic rings. The highest BCUT2D eigenvalue weighted by atomic mass is 35.5. The normalized spacial score (nSPS) is 12.1. The van der Waals surface area contributed by atoms with E-state index >= 15 is 0 Å². The number of nitrogens with one attached hydrogen (secondary N) is 1. The highest BCUT2D eigenvalue weighted by molar-refractivity contribution is 6.30. The molecule has 0 spiro atoms. The third-order valence-electron chi connectivity index (χ3n) is 3.50. The summed E-state index contributed by atoms with van der Waals surface area (Å²) in [6.07, 6.45) is 0.936. The molecule has 0 saturated carbocycles. The lowest BCUT2D eigenvalue weighted by molar-refractivity contribution is 0.368. The summed E-state index contributed by atoms with van der Waals surface area (Å²) in [4.78, 5) is 0. The molecule has 2 N–H and O–H groups in total. The second kappa shape index (κ2) is 7.34. The highest BCUT2D eigenvalue weighted by Gasteiger charge is 2.12. The van der Waals surface area contributed by atoms with Crippen LogP contribution in [0.4, 0.5) is 0 Å². The largest absolute Gasteiger partial charge is 0.504 e. The summed E-state index contributed by atoms with van der Waals surface area (Å²) in [7, 11) is 1.55. The first-order chi connectivity index (χ1) is 10.2. The predicted molar refractivity (Wildman–Crippen MR) is 86.0 cm³/mol. The SMILES string of the molecule is CCC(NCc1cccc(OC)c1O)c1cccc(Cl)c1. The first kappa shape index (κ1) is 15.7. The molecule has 0 heterocycles. The van der Waals surface area contributed by atoms with Crippen LogP contribution in [0, 0.1) is 0 Å². The van der Waals surface area contributed by atoms with Crippen LogP contribution >= 0.6 is 11.6 Å². The van der Waals surface area contributed by atoms with Gasteiger partial charge in [0, 0.05) is 23.2 Å². The number of rotatable bonds is 6. The molecule has 1 atom stereocenters. The summed E-state index contributed by atoms with van der Waals surface area (Å²) in [6.45, 7) is 2.68. The van der Waals surface area contributed by atoms with Crippen LogP contribution < -0.4 is 10.1 Å². The van der Waals surface area contributed by atoms with Crippen LogP contribution in [0.2, 0.25) is 5.02 Å². The van der Waals surface area contributed by atoms with Crippen molar-refractivity contribution >= 4 is 11.6 Å². The van der Waals surface area contributed by atoms with E-state index in [-0.39, 0.29) is 11.8 Å². The molecule has 1 unspecified atom stereocenters. The van der Waals surface area contributed by atoms with Crippen LogP contribution in [-0.2, 0) is 6.54 Å². The molecule has 0 radical (unpaired) electrons. The van der Waals surface area contributed by atoms with Gasteiger partial charge in [0.05, 0.1) is 7.11 Å². The van der Waals surface area contributed by atoms with Crippen molar-refractivity contribution in [3.63, 3.8) is 0 Å². The second-order valence-corrected chi connectivity index (χ2v) is 5.30. The molecule has 0 aromatic heterocycles. The van der Waals surface area contributed by atoms with Crippen LogP contribution in [0.25, 0.3) is 0 Å². The molecule has 0 bridgehead atoms. The Morgan fingerprint density at radius 3 is 2.67 bits per heavy atom. The van der Waals surface area contributed by atoms with Gasteiger partial charge in [-0.15, -0.1) is 0 Å². The fourth-order valence-corrected chi connectivity index (χ4v) is 2.53. The smallest absolute Gasteiger partial charge is 0.162 e. The molecule has 0 aliphatic rings. The first-order valence-electron chi connectivity index (χ1n) is 6.99. The van der Waals surface area contributed by atoms with E-state index in [1.807, 2.05) is 30.3 Å². The average molecular weight is 306 g/mol. The van der Waals surface area contributed by atoms with E-state index < -0.39 is 0 Å². The Balaban J connectivity index is 2.10. The van der Waals surface area contributed by atoms with Crippen LogP contribution in [-0.4, -0.2) is 12.2 Å². The van der Waals surface area contributed by atoms with Crippen molar-refractivity contribution in [2.45, 2.75) is 25.9 Å². The number of benzene rings is 2. The standard InChI is InChI=1S/C17H20ClNO2/c1-3-15(12-6-4-8-14(18)10-12)19-11-13-7-5-9-16(21-2)17(13)20/h4-10,15,19-20H,3,11H2,1-2H3. The Bertz CT molecular complexity index is 601. The lowest BCUT2D eigenvalue weighted by Crippen LogP contribution is -2.20. The summed E-state index contributed by atoms with van der Waals surface area (Å²) in [5, 5.41) is 14.3. The summed E-state index contributed by atoms with van der Waals surface area (Å²) in [5.74, 6) is 0.679. The summed E-state index contributed by atoms with van der Waals surface area (Å²) < 4.78 is 5.12. The number of hydrogen-bond acceptors (Lipinski definition) is 3. The van der Waals surface area contributed by atoms with Crippen LogP contribution in [0.3, 0.4) is 0 Å². The van der Waals surface area contributed by atoms with Crippen LogP contribution in [0.1, 0.15) is 30.5 Å². The second-order valence-electron chi connectivity index (χ2n) is 4.86. The predicted octanol–water partition coefficient (Wildman–Crippen LogP) is 4.30. The van der Waals surface area contributed by atoms with E-state index in [9.17, 15) is 5.11 Å². The topological polar surface area (TPSA) is 41.5 Å². The number of phenols is 1. The molecule has 2 aromatic carbocycles. The minimum absolute atomic E-state index is 0.188. The maximum absolute atomic E-state index is 10.1. The van der Waals surface area contributed by atoms with Crippen LogP contribution in [0.5, 0.6) is 11.5 Å². The van der Waals surface area contributed by atoms with Crippen molar-refractivity contribution in [1.29, 1.82) is 0 Å². The van der Waals surface area contributed by atoms with E-state index in [4.69, 9.17) is 16.3 Å². The average Bonchev–Trinajstić information content (AvgIpc) is 2.49. The monoisotopic (exact) mass is 305 g/mol. The van der Waals surface area contributed by atoms with Crippen LogP contribution in [0.15, 0.2) is 42.5 Å². The molecule has 21 heavy (non-hydrogen) atoms. The quantitative estimate of drug-likeness (QED) is 0.836. The minimum Gasteiger partial charge on any atom is -0.504 e. The number of halogens is 1. The molecule has 112 valence electrons. The lowest BCUT2D eigenvalue weighted by Gasteiger charge is -2.18. The van der Waals surface area contributed by atoms with Crippen molar-refractivity contribution < 1.29 is 9.84 Å². The van der Waals surface area contributed by atoms with E-state index in [1.165, 1.54) is 0 Å². The number of aromatic hydroxyl groups is 1. The van der Waals surface area contributed by atoms with Crippen molar-refractivity contribution in [1.82, 2.24) is 5.32 Å². The third kappa shape index (κ3) is 3.90. The zero-order chi connectivity index (χ0) is 15.2. The molecule has 0 fully saturated rings. The van der Waals surface area contributed by atoms with Gasteiger partial charge in [-0.1, -0.05) is 42.8 Å². The van der Waals surface area contributed by atoms with E-state index in [1.54, 1.807) is 13.2 Å². The van der Waals surface area contributed by atoms with Gasteiger partial charge in [-0.2, -0.15) is 0 Å². The Kier molecular flexibility index (Phi) is 5.48. The number of methoxy groups -OCH3 is 1.